The fourth-order valence-corrected chi connectivity index (χ4v) is 3.28. The highest BCUT2D eigenvalue weighted by Crippen LogP contribution is 2.15. The van der Waals surface area contributed by atoms with Crippen molar-refractivity contribution in [1.82, 2.24) is 4.90 Å². The molecule has 1 aromatic heterocycles. The summed E-state index contributed by atoms with van der Waals surface area (Å²) in [5, 5.41) is 10.6. The van der Waals surface area contributed by atoms with Crippen LogP contribution in [0, 0.1) is 0 Å². The van der Waals surface area contributed by atoms with Crippen molar-refractivity contribution in [3.63, 3.8) is 0 Å². The first-order chi connectivity index (χ1) is 14.5. The van der Waals surface area contributed by atoms with Gasteiger partial charge >= 0.3 is 0 Å². The average Bonchev–Trinajstić information content (AvgIpc) is 3.26. The monoisotopic (exact) mass is 407 g/mol. The summed E-state index contributed by atoms with van der Waals surface area (Å²) in [5.41, 5.74) is 3.13. The van der Waals surface area contributed by atoms with Crippen molar-refractivity contribution >= 4 is 5.78 Å². The Balaban J connectivity index is 1.58. The van der Waals surface area contributed by atoms with Crippen LogP contribution in [0.25, 0.3) is 0 Å². The second kappa shape index (κ2) is 10.8. The summed E-state index contributed by atoms with van der Waals surface area (Å²) in [4.78, 5) is 13.5. The molecule has 0 bridgehead atoms. The summed E-state index contributed by atoms with van der Waals surface area (Å²) in [6, 6.07) is 19.3. The zero-order valence-electron chi connectivity index (χ0n) is 17.6. The van der Waals surface area contributed by atoms with E-state index in [1.165, 1.54) is 18.1 Å². The van der Waals surface area contributed by atoms with Crippen molar-refractivity contribution in [3.05, 3.63) is 89.4 Å². The van der Waals surface area contributed by atoms with Crippen LogP contribution in [-0.2, 0) is 19.5 Å². The lowest BCUT2D eigenvalue weighted by molar-refractivity contribution is 0.0604. The van der Waals surface area contributed by atoms with Gasteiger partial charge < -0.3 is 14.3 Å². The minimum atomic E-state index is -0.664. The van der Waals surface area contributed by atoms with Gasteiger partial charge in [-0.3, -0.25) is 9.69 Å². The lowest BCUT2D eigenvalue weighted by atomic mass is 10.1. The minimum absolute atomic E-state index is 0.0159. The molecule has 3 aromatic rings. The number of aryl methyl sites for hydroxylation is 1. The maximum absolute atomic E-state index is 11.4. The van der Waals surface area contributed by atoms with Crippen molar-refractivity contribution in [3.8, 4) is 5.75 Å². The molecule has 0 aliphatic rings. The number of ketones is 1. The lowest BCUT2D eigenvalue weighted by Gasteiger charge is -2.24. The van der Waals surface area contributed by atoms with Gasteiger partial charge in [-0.2, -0.15) is 0 Å². The quantitative estimate of drug-likeness (QED) is 0.475. The molecule has 5 nitrogen and oxygen atoms in total. The van der Waals surface area contributed by atoms with E-state index in [1.54, 1.807) is 30.5 Å². The maximum Gasteiger partial charge on any atom is 0.159 e. The summed E-state index contributed by atoms with van der Waals surface area (Å²) < 4.78 is 11.2. The highest BCUT2D eigenvalue weighted by atomic mass is 16.5. The van der Waals surface area contributed by atoms with Gasteiger partial charge in [-0.1, -0.05) is 31.2 Å². The number of nitrogens with zero attached hydrogens (tertiary/aromatic N) is 1. The first-order valence-electron chi connectivity index (χ1n) is 10.3. The first-order valence-corrected chi connectivity index (χ1v) is 10.3. The van der Waals surface area contributed by atoms with Gasteiger partial charge in [0.15, 0.2) is 5.78 Å². The highest BCUT2D eigenvalue weighted by Gasteiger charge is 2.15. The molecule has 0 aliphatic carbocycles. The smallest absolute Gasteiger partial charge is 0.159 e. The largest absolute Gasteiger partial charge is 0.491 e. The van der Waals surface area contributed by atoms with E-state index < -0.39 is 6.10 Å². The van der Waals surface area contributed by atoms with E-state index in [0.717, 1.165) is 12.2 Å². The van der Waals surface area contributed by atoms with E-state index in [9.17, 15) is 9.90 Å². The fraction of sp³-hybridized carbons (Fsp3) is 0.320. The molecule has 5 heteroatoms. The van der Waals surface area contributed by atoms with Crippen molar-refractivity contribution in [2.45, 2.75) is 39.5 Å². The number of hydrogen-bond donors (Lipinski definition) is 1. The van der Waals surface area contributed by atoms with Crippen LogP contribution in [0.2, 0.25) is 0 Å². The van der Waals surface area contributed by atoms with Crippen LogP contribution in [0.4, 0.5) is 0 Å². The summed E-state index contributed by atoms with van der Waals surface area (Å²) >= 11 is 0. The third kappa shape index (κ3) is 6.58. The standard InChI is InChI=1S/C25H29NO4/c1-3-20-6-8-21(9-7-20)15-26(17-25-5-4-14-29-25)16-23(28)18-30-24-12-10-22(11-13-24)19(2)27/h4-14,23,28H,3,15-18H2,1-2H3. The molecule has 2 aromatic carbocycles. The van der Waals surface area contributed by atoms with Crippen molar-refractivity contribution < 1.29 is 19.1 Å². The number of ether oxygens (including phenoxy) is 1. The van der Waals surface area contributed by atoms with E-state index in [-0.39, 0.29) is 12.4 Å². The summed E-state index contributed by atoms with van der Waals surface area (Å²) in [6.45, 7) is 5.60. The zero-order chi connectivity index (χ0) is 21.3. The van der Waals surface area contributed by atoms with Crippen LogP contribution in [0.15, 0.2) is 71.3 Å². The Morgan fingerprint density at radius 1 is 1.03 bits per heavy atom. The first kappa shape index (κ1) is 21.8. The van der Waals surface area contributed by atoms with Crippen LogP contribution in [-0.4, -0.2) is 35.0 Å². The molecule has 30 heavy (non-hydrogen) atoms. The molecule has 0 aliphatic heterocycles. The number of Topliss-reactive ketones (excluding diaryl/α,β-unsaturated/α-hetero) is 1. The molecule has 0 saturated heterocycles. The molecule has 158 valence electrons. The fourth-order valence-electron chi connectivity index (χ4n) is 3.28. The normalized spacial score (nSPS) is 12.1. The van der Waals surface area contributed by atoms with E-state index in [1.807, 2.05) is 12.1 Å². The maximum atomic E-state index is 11.4. The number of hydrogen-bond acceptors (Lipinski definition) is 5. The molecule has 0 fully saturated rings. The second-order valence-corrected chi connectivity index (χ2v) is 7.46. The van der Waals surface area contributed by atoms with E-state index >= 15 is 0 Å². The second-order valence-electron chi connectivity index (χ2n) is 7.46. The van der Waals surface area contributed by atoms with Crippen LogP contribution >= 0.6 is 0 Å². The molecular weight excluding hydrogens is 378 g/mol. The predicted octanol–water partition coefficient (Wildman–Crippen LogP) is 4.49. The molecule has 0 amide bonds. The molecular formula is C25H29NO4. The Bertz CT molecular complexity index is 901. The molecule has 1 unspecified atom stereocenters. The SMILES string of the molecule is CCc1ccc(CN(Cc2ccco2)CC(O)COc2ccc(C(C)=O)cc2)cc1. The Labute approximate surface area is 177 Å². The van der Waals surface area contributed by atoms with Crippen molar-refractivity contribution in [2.75, 3.05) is 13.2 Å². The average molecular weight is 408 g/mol. The predicted molar refractivity (Wildman–Crippen MR) is 117 cm³/mol. The number of aliphatic hydroxyl groups is 1. The van der Waals surface area contributed by atoms with Gasteiger partial charge in [0, 0.05) is 18.7 Å². The number of benzene rings is 2. The van der Waals surface area contributed by atoms with Gasteiger partial charge in [0.2, 0.25) is 0 Å². The minimum Gasteiger partial charge on any atom is -0.491 e. The van der Waals surface area contributed by atoms with Crippen LogP contribution in [0.1, 0.15) is 41.1 Å². The van der Waals surface area contributed by atoms with E-state index in [0.29, 0.717) is 30.9 Å². The van der Waals surface area contributed by atoms with Crippen LogP contribution < -0.4 is 4.74 Å². The third-order valence-electron chi connectivity index (χ3n) is 4.97. The lowest BCUT2D eigenvalue weighted by Crippen LogP contribution is -2.35. The zero-order valence-corrected chi connectivity index (χ0v) is 17.6. The number of carbonyl (C=O) groups excluding carboxylic acids is 1. The summed E-state index contributed by atoms with van der Waals surface area (Å²) in [5.74, 6) is 1.50. The molecule has 1 heterocycles. The summed E-state index contributed by atoms with van der Waals surface area (Å²) in [7, 11) is 0. The number of rotatable bonds is 11. The third-order valence-corrected chi connectivity index (χ3v) is 4.97. The topological polar surface area (TPSA) is 62.9 Å². The Morgan fingerprint density at radius 3 is 2.33 bits per heavy atom. The van der Waals surface area contributed by atoms with Crippen LogP contribution in [0.5, 0.6) is 5.75 Å². The van der Waals surface area contributed by atoms with Crippen molar-refractivity contribution in [1.29, 1.82) is 0 Å². The Kier molecular flexibility index (Phi) is 7.82. The van der Waals surface area contributed by atoms with Gasteiger partial charge in [-0.15, -0.1) is 0 Å². The van der Waals surface area contributed by atoms with E-state index in [2.05, 4.69) is 36.1 Å². The van der Waals surface area contributed by atoms with Gasteiger partial charge in [-0.05, 0) is 60.9 Å². The van der Waals surface area contributed by atoms with Crippen LogP contribution in [0.3, 0.4) is 0 Å². The van der Waals surface area contributed by atoms with Gasteiger partial charge in [0.25, 0.3) is 0 Å². The molecule has 0 saturated carbocycles. The number of furan rings is 1. The highest BCUT2D eigenvalue weighted by molar-refractivity contribution is 5.94. The Hall–Kier alpha value is -2.89. The van der Waals surface area contributed by atoms with Crippen molar-refractivity contribution in [2.24, 2.45) is 0 Å². The molecule has 0 radical (unpaired) electrons. The number of carbonyl (C=O) groups is 1. The van der Waals surface area contributed by atoms with Gasteiger partial charge in [0.1, 0.15) is 24.2 Å². The Morgan fingerprint density at radius 2 is 1.73 bits per heavy atom. The molecule has 3 rings (SSSR count). The number of aliphatic hydroxyl groups excluding tert-OH is 1. The molecule has 1 atom stereocenters. The molecule has 1 N–H and O–H groups in total. The summed E-state index contributed by atoms with van der Waals surface area (Å²) in [6.07, 6.45) is 2.01. The van der Waals surface area contributed by atoms with Gasteiger partial charge in [0.05, 0.1) is 12.8 Å². The molecule has 0 spiro atoms. The van der Waals surface area contributed by atoms with E-state index in [4.69, 9.17) is 9.15 Å². The van der Waals surface area contributed by atoms with Gasteiger partial charge in [-0.25, -0.2) is 0 Å².